The van der Waals surface area contributed by atoms with Crippen molar-refractivity contribution in [3.05, 3.63) is 10.8 Å². The first-order chi connectivity index (χ1) is 6.68. The molecule has 4 nitrogen and oxygen atoms in total. The molecule has 1 fully saturated rings. The van der Waals surface area contributed by atoms with Crippen molar-refractivity contribution in [1.82, 2.24) is 14.7 Å². The molecule has 1 saturated heterocycles. The lowest BCUT2D eigenvalue weighted by Gasteiger charge is -2.30. The molecule has 0 saturated carbocycles. The van der Waals surface area contributed by atoms with Gasteiger partial charge in [-0.3, -0.25) is 4.68 Å². The van der Waals surface area contributed by atoms with E-state index in [0.717, 1.165) is 19.5 Å². The van der Waals surface area contributed by atoms with Gasteiger partial charge in [0.25, 0.3) is 0 Å². The Labute approximate surface area is 91.6 Å². The predicted octanol–water partition coefficient (Wildman–Crippen LogP) is 1.62. The summed E-state index contributed by atoms with van der Waals surface area (Å²) in [6, 6.07) is 0.379. The van der Waals surface area contributed by atoms with Crippen molar-refractivity contribution < 1.29 is 5.11 Å². The Morgan fingerprint density at radius 2 is 2.43 bits per heavy atom. The first kappa shape index (κ1) is 9.98. The van der Waals surface area contributed by atoms with E-state index >= 15 is 0 Å². The highest BCUT2D eigenvalue weighted by Gasteiger charge is 2.22. The quantitative estimate of drug-likeness (QED) is 0.834. The number of likely N-dealkylation sites (N-methyl/N-ethyl adjacent to an activating group) is 1. The van der Waals surface area contributed by atoms with Gasteiger partial charge < -0.3 is 10.0 Å². The van der Waals surface area contributed by atoms with Crippen LogP contribution in [0.1, 0.15) is 18.9 Å². The summed E-state index contributed by atoms with van der Waals surface area (Å²) in [5, 5.41) is 13.6. The molecule has 1 unspecified atom stereocenters. The van der Waals surface area contributed by atoms with E-state index in [1.54, 1.807) is 0 Å². The van der Waals surface area contributed by atoms with Gasteiger partial charge in [-0.1, -0.05) is 0 Å². The lowest BCUT2D eigenvalue weighted by atomic mass is 10.1. The Morgan fingerprint density at radius 3 is 3.00 bits per heavy atom. The van der Waals surface area contributed by atoms with Crippen LogP contribution in [-0.4, -0.2) is 39.9 Å². The van der Waals surface area contributed by atoms with Crippen molar-refractivity contribution in [3.8, 4) is 5.75 Å². The summed E-state index contributed by atoms with van der Waals surface area (Å²) < 4.78 is 2.56. The van der Waals surface area contributed by atoms with Gasteiger partial charge in [0.2, 0.25) is 0 Å². The third kappa shape index (κ3) is 1.79. The number of likely N-dealkylation sites (tertiary alicyclic amines) is 1. The summed E-state index contributed by atoms with van der Waals surface area (Å²) in [6.45, 7) is 2.15. The fourth-order valence-corrected chi connectivity index (χ4v) is 2.42. The molecule has 78 valence electrons. The smallest absolute Gasteiger partial charge is 0.168 e. The molecule has 2 heterocycles. The van der Waals surface area contributed by atoms with Crippen molar-refractivity contribution in [2.75, 3.05) is 20.1 Å². The average Bonchev–Trinajstić information content (AvgIpc) is 2.48. The zero-order valence-corrected chi connectivity index (χ0v) is 9.74. The third-order valence-corrected chi connectivity index (χ3v) is 3.43. The van der Waals surface area contributed by atoms with Crippen LogP contribution in [0.15, 0.2) is 10.8 Å². The van der Waals surface area contributed by atoms with Crippen LogP contribution in [0.25, 0.3) is 0 Å². The van der Waals surface area contributed by atoms with Crippen molar-refractivity contribution in [2.24, 2.45) is 0 Å². The second-order valence-electron chi connectivity index (χ2n) is 3.82. The van der Waals surface area contributed by atoms with E-state index in [1.807, 2.05) is 4.68 Å². The van der Waals surface area contributed by atoms with Crippen LogP contribution in [0.4, 0.5) is 0 Å². The molecule has 0 amide bonds. The maximum atomic E-state index is 9.39. The van der Waals surface area contributed by atoms with Crippen LogP contribution in [0.2, 0.25) is 0 Å². The standard InChI is InChI=1S/C9H14BrN3O/c1-12-4-2-3-7(6-12)13-9(10)8(14)5-11-13/h5,7,14H,2-4,6H2,1H3. The molecular weight excluding hydrogens is 246 g/mol. The normalized spacial score (nSPS) is 24.0. The fraction of sp³-hybridized carbons (Fsp3) is 0.667. The first-order valence-corrected chi connectivity index (χ1v) is 5.58. The number of hydrogen-bond acceptors (Lipinski definition) is 3. The average molecular weight is 260 g/mol. The summed E-state index contributed by atoms with van der Waals surface area (Å²) >= 11 is 3.34. The highest BCUT2D eigenvalue weighted by atomic mass is 79.9. The summed E-state index contributed by atoms with van der Waals surface area (Å²) in [5.74, 6) is 0.221. The van der Waals surface area contributed by atoms with Crippen molar-refractivity contribution in [3.63, 3.8) is 0 Å². The lowest BCUT2D eigenvalue weighted by molar-refractivity contribution is 0.200. The van der Waals surface area contributed by atoms with E-state index in [2.05, 4.69) is 33.0 Å². The van der Waals surface area contributed by atoms with E-state index in [1.165, 1.54) is 12.6 Å². The number of nitrogens with zero attached hydrogens (tertiary/aromatic N) is 3. The van der Waals surface area contributed by atoms with E-state index < -0.39 is 0 Å². The Hall–Kier alpha value is -0.550. The molecule has 1 aromatic heterocycles. The van der Waals surface area contributed by atoms with Crippen LogP contribution in [0, 0.1) is 0 Å². The summed E-state index contributed by atoms with van der Waals surface area (Å²) in [4.78, 5) is 2.29. The third-order valence-electron chi connectivity index (χ3n) is 2.66. The van der Waals surface area contributed by atoms with Crippen LogP contribution in [-0.2, 0) is 0 Å². The van der Waals surface area contributed by atoms with Gasteiger partial charge in [0.1, 0.15) is 4.60 Å². The maximum absolute atomic E-state index is 9.39. The van der Waals surface area contributed by atoms with Crippen molar-refractivity contribution in [2.45, 2.75) is 18.9 Å². The van der Waals surface area contributed by atoms with Crippen molar-refractivity contribution in [1.29, 1.82) is 0 Å². The molecular formula is C9H14BrN3O. The Kier molecular flexibility index (Phi) is 2.78. The monoisotopic (exact) mass is 259 g/mol. The number of hydrogen-bond donors (Lipinski definition) is 1. The molecule has 0 spiro atoms. The minimum absolute atomic E-state index is 0.221. The number of piperidine rings is 1. The molecule has 14 heavy (non-hydrogen) atoms. The number of aromatic hydroxyl groups is 1. The zero-order valence-electron chi connectivity index (χ0n) is 8.15. The first-order valence-electron chi connectivity index (χ1n) is 4.79. The largest absolute Gasteiger partial charge is 0.504 e. The summed E-state index contributed by atoms with van der Waals surface area (Å²) in [7, 11) is 2.11. The molecule has 1 atom stereocenters. The Balaban J connectivity index is 2.18. The van der Waals surface area contributed by atoms with Crippen LogP contribution in [0.3, 0.4) is 0 Å². The molecule has 2 rings (SSSR count). The van der Waals surface area contributed by atoms with Gasteiger partial charge in [-0.2, -0.15) is 5.10 Å². The van der Waals surface area contributed by atoms with Gasteiger partial charge in [0.05, 0.1) is 12.2 Å². The Bertz CT molecular complexity index is 326. The van der Waals surface area contributed by atoms with E-state index in [0.29, 0.717) is 10.6 Å². The molecule has 0 radical (unpaired) electrons. The van der Waals surface area contributed by atoms with Gasteiger partial charge in [0.15, 0.2) is 5.75 Å². The Morgan fingerprint density at radius 1 is 1.64 bits per heavy atom. The second kappa shape index (κ2) is 3.90. The van der Waals surface area contributed by atoms with Gasteiger partial charge in [-0.15, -0.1) is 0 Å². The SMILES string of the molecule is CN1CCCC(n2ncc(O)c2Br)C1. The van der Waals surface area contributed by atoms with Crippen LogP contribution in [0.5, 0.6) is 5.75 Å². The van der Waals surface area contributed by atoms with Crippen LogP contribution >= 0.6 is 15.9 Å². The second-order valence-corrected chi connectivity index (χ2v) is 4.57. The highest BCUT2D eigenvalue weighted by molar-refractivity contribution is 9.10. The van der Waals surface area contributed by atoms with E-state index in [4.69, 9.17) is 0 Å². The van der Waals surface area contributed by atoms with E-state index in [-0.39, 0.29) is 5.75 Å². The number of rotatable bonds is 1. The van der Waals surface area contributed by atoms with Gasteiger partial charge in [-0.25, -0.2) is 0 Å². The minimum atomic E-state index is 0.221. The topological polar surface area (TPSA) is 41.3 Å². The zero-order chi connectivity index (χ0) is 10.1. The lowest BCUT2D eigenvalue weighted by Crippen LogP contribution is -2.34. The molecule has 1 aliphatic heterocycles. The summed E-state index contributed by atoms with van der Waals surface area (Å²) in [5.41, 5.74) is 0. The summed E-state index contributed by atoms with van der Waals surface area (Å²) in [6.07, 6.45) is 3.80. The van der Waals surface area contributed by atoms with E-state index in [9.17, 15) is 5.11 Å². The minimum Gasteiger partial charge on any atom is -0.504 e. The van der Waals surface area contributed by atoms with Crippen LogP contribution < -0.4 is 0 Å². The highest BCUT2D eigenvalue weighted by Crippen LogP contribution is 2.29. The molecule has 0 bridgehead atoms. The predicted molar refractivity (Wildman–Crippen MR) is 57.4 cm³/mol. The number of aromatic nitrogens is 2. The molecule has 5 heteroatoms. The van der Waals surface area contributed by atoms with Gasteiger partial charge >= 0.3 is 0 Å². The fourth-order valence-electron chi connectivity index (χ4n) is 1.93. The molecule has 0 aliphatic carbocycles. The molecule has 1 N–H and O–H groups in total. The maximum Gasteiger partial charge on any atom is 0.168 e. The number of halogens is 1. The van der Waals surface area contributed by atoms with Crippen molar-refractivity contribution >= 4 is 15.9 Å². The molecule has 1 aliphatic rings. The van der Waals surface area contributed by atoms with Gasteiger partial charge in [0, 0.05) is 6.54 Å². The molecule has 0 aromatic carbocycles. The van der Waals surface area contributed by atoms with Gasteiger partial charge in [-0.05, 0) is 42.4 Å². The molecule has 1 aromatic rings.